The standard InChI is InChI=1S/C12H7Cl2FN2O3S/c13-7-3-6(15)4-8(14)11(7)17-2-1-9(18)16-12(17)21-5-10(19)20/h1-4H,5H2,(H,19,20). The number of carboxylic acid groups (broad SMARTS) is 1. The largest absolute Gasteiger partial charge is 0.481 e. The molecule has 1 aromatic heterocycles. The molecule has 5 nitrogen and oxygen atoms in total. The van der Waals surface area contributed by atoms with Crippen LogP contribution >= 0.6 is 35.0 Å². The number of carboxylic acids is 1. The Balaban J connectivity index is 2.58. The van der Waals surface area contributed by atoms with Crippen molar-refractivity contribution in [3.63, 3.8) is 0 Å². The fourth-order valence-corrected chi connectivity index (χ4v) is 2.89. The highest BCUT2D eigenvalue weighted by molar-refractivity contribution is 7.99. The summed E-state index contributed by atoms with van der Waals surface area (Å²) in [7, 11) is 0. The summed E-state index contributed by atoms with van der Waals surface area (Å²) in [6.45, 7) is 0. The molecule has 1 heterocycles. The molecule has 0 spiro atoms. The highest BCUT2D eigenvalue weighted by Gasteiger charge is 2.15. The predicted molar refractivity (Wildman–Crippen MR) is 78.2 cm³/mol. The molecule has 0 saturated heterocycles. The molecule has 0 fully saturated rings. The first-order valence-electron chi connectivity index (χ1n) is 5.47. The molecule has 0 amide bonds. The summed E-state index contributed by atoms with van der Waals surface area (Å²) in [5.41, 5.74) is -0.311. The van der Waals surface area contributed by atoms with E-state index in [1.807, 2.05) is 0 Å². The van der Waals surface area contributed by atoms with Gasteiger partial charge in [0.15, 0.2) is 5.16 Å². The number of aliphatic carboxylic acids is 1. The van der Waals surface area contributed by atoms with Crippen LogP contribution in [-0.4, -0.2) is 26.4 Å². The molecule has 110 valence electrons. The summed E-state index contributed by atoms with van der Waals surface area (Å²) in [5.74, 6) is -1.98. The van der Waals surface area contributed by atoms with E-state index in [1.165, 1.54) is 16.8 Å². The van der Waals surface area contributed by atoms with Gasteiger partial charge >= 0.3 is 5.97 Å². The third kappa shape index (κ3) is 3.75. The van der Waals surface area contributed by atoms with Crippen molar-refractivity contribution < 1.29 is 14.3 Å². The molecule has 0 aliphatic carbocycles. The minimum absolute atomic E-state index is 0.0163. The second-order valence-corrected chi connectivity index (χ2v) is 5.58. The Hall–Kier alpha value is -1.57. The Labute approximate surface area is 132 Å². The number of rotatable bonds is 4. The van der Waals surface area contributed by atoms with Gasteiger partial charge in [-0.25, -0.2) is 4.39 Å². The number of hydrogen-bond acceptors (Lipinski definition) is 4. The zero-order chi connectivity index (χ0) is 15.6. The fourth-order valence-electron chi connectivity index (χ4n) is 1.55. The third-order valence-corrected chi connectivity index (χ3v) is 3.84. The van der Waals surface area contributed by atoms with Crippen molar-refractivity contribution in [3.05, 3.63) is 50.6 Å². The van der Waals surface area contributed by atoms with Crippen LogP contribution in [0.15, 0.2) is 34.3 Å². The lowest BCUT2D eigenvalue weighted by Gasteiger charge is -2.14. The van der Waals surface area contributed by atoms with Gasteiger partial charge in [-0.1, -0.05) is 35.0 Å². The van der Waals surface area contributed by atoms with Crippen LogP contribution < -0.4 is 5.56 Å². The molecule has 0 radical (unpaired) electrons. The smallest absolute Gasteiger partial charge is 0.313 e. The van der Waals surface area contributed by atoms with Gasteiger partial charge in [0.1, 0.15) is 5.82 Å². The molecule has 0 atom stereocenters. The van der Waals surface area contributed by atoms with Crippen LogP contribution in [-0.2, 0) is 4.79 Å². The van der Waals surface area contributed by atoms with Crippen LogP contribution in [0.25, 0.3) is 5.69 Å². The first-order valence-corrected chi connectivity index (χ1v) is 7.22. The summed E-state index contributed by atoms with van der Waals surface area (Å²) < 4.78 is 14.6. The summed E-state index contributed by atoms with van der Waals surface area (Å²) in [5, 5.41) is 8.84. The van der Waals surface area contributed by atoms with Crippen molar-refractivity contribution in [2.45, 2.75) is 5.16 Å². The average Bonchev–Trinajstić information content (AvgIpc) is 2.37. The Morgan fingerprint density at radius 1 is 1.38 bits per heavy atom. The monoisotopic (exact) mass is 348 g/mol. The van der Waals surface area contributed by atoms with Crippen molar-refractivity contribution in [1.82, 2.24) is 9.55 Å². The predicted octanol–water partition coefficient (Wildman–Crippen LogP) is 2.86. The topological polar surface area (TPSA) is 72.2 Å². The maximum atomic E-state index is 13.2. The van der Waals surface area contributed by atoms with E-state index in [1.54, 1.807) is 0 Å². The number of benzene rings is 1. The Morgan fingerprint density at radius 2 is 2.00 bits per heavy atom. The lowest BCUT2D eigenvalue weighted by Crippen LogP contribution is -2.14. The number of hydrogen-bond donors (Lipinski definition) is 1. The van der Waals surface area contributed by atoms with Crippen molar-refractivity contribution in [2.24, 2.45) is 0 Å². The maximum Gasteiger partial charge on any atom is 0.313 e. The lowest BCUT2D eigenvalue weighted by molar-refractivity contribution is -0.133. The van der Waals surface area contributed by atoms with Crippen molar-refractivity contribution >= 4 is 40.9 Å². The summed E-state index contributed by atoms with van der Waals surface area (Å²) >= 11 is 12.8. The van der Waals surface area contributed by atoms with Crippen LogP contribution in [0, 0.1) is 5.82 Å². The van der Waals surface area contributed by atoms with Gasteiger partial charge in [0.05, 0.1) is 21.5 Å². The van der Waals surface area contributed by atoms with Crippen molar-refractivity contribution in [2.75, 3.05) is 5.75 Å². The molecule has 0 saturated carbocycles. The Morgan fingerprint density at radius 3 is 2.57 bits per heavy atom. The Kier molecular flexibility index (Phi) is 4.87. The Bertz CT molecular complexity index is 743. The van der Waals surface area contributed by atoms with E-state index in [4.69, 9.17) is 28.3 Å². The highest BCUT2D eigenvalue weighted by atomic mass is 35.5. The van der Waals surface area contributed by atoms with E-state index in [2.05, 4.69) is 4.98 Å². The SMILES string of the molecule is O=C(O)CSc1nc(=O)ccn1-c1c(Cl)cc(F)cc1Cl. The molecular formula is C12H7Cl2FN2O3S. The summed E-state index contributed by atoms with van der Waals surface area (Å²) in [4.78, 5) is 25.7. The third-order valence-electron chi connectivity index (χ3n) is 2.33. The van der Waals surface area contributed by atoms with E-state index >= 15 is 0 Å². The van der Waals surface area contributed by atoms with Gasteiger partial charge in [-0.2, -0.15) is 4.98 Å². The van der Waals surface area contributed by atoms with E-state index < -0.39 is 17.3 Å². The maximum absolute atomic E-state index is 13.2. The van der Waals surface area contributed by atoms with Gasteiger partial charge < -0.3 is 5.11 Å². The van der Waals surface area contributed by atoms with Crippen LogP contribution in [0.4, 0.5) is 4.39 Å². The molecule has 21 heavy (non-hydrogen) atoms. The minimum Gasteiger partial charge on any atom is -0.481 e. The quantitative estimate of drug-likeness (QED) is 0.679. The normalized spacial score (nSPS) is 10.6. The highest BCUT2D eigenvalue weighted by Crippen LogP contribution is 2.32. The lowest BCUT2D eigenvalue weighted by atomic mass is 10.3. The van der Waals surface area contributed by atoms with Gasteiger partial charge in [-0.3, -0.25) is 14.2 Å². The van der Waals surface area contributed by atoms with Gasteiger partial charge in [0.2, 0.25) is 0 Å². The van der Waals surface area contributed by atoms with Crippen molar-refractivity contribution in [1.29, 1.82) is 0 Å². The van der Waals surface area contributed by atoms with E-state index in [9.17, 15) is 14.0 Å². The van der Waals surface area contributed by atoms with Gasteiger partial charge in [0.25, 0.3) is 5.56 Å². The van der Waals surface area contributed by atoms with Gasteiger partial charge in [0, 0.05) is 12.3 Å². The van der Waals surface area contributed by atoms with E-state index in [0.29, 0.717) is 0 Å². The molecule has 0 bridgehead atoms. The molecule has 2 aromatic rings. The molecule has 0 aliphatic heterocycles. The van der Waals surface area contributed by atoms with Crippen molar-refractivity contribution in [3.8, 4) is 5.69 Å². The van der Waals surface area contributed by atoms with Gasteiger partial charge in [-0.15, -0.1) is 0 Å². The molecular weight excluding hydrogens is 342 g/mol. The minimum atomic E-state index is -1.07. The number of carbonyl (C=O) groups is 1. The zero-order valence-corrected chi connectivity index (χ0v) is 12.5. The number of halogens is 3. The van der Waals surface area contributed by atoms with Gasteiger partial charge in [-0.05, 0) is 12.1 Å². The molecule has 2 rings (SSSR count). The average molecular weight is 349 g/mol. The van der Waals surface area contributed by atoms with Crippen LogP contribution in [0.3, 0.4) is 0 Å². The summed E-state index contributed by atoms with van der Waals surface area (Å²) in [6.07, 6.45) is 1.35. The van der Waals surface area contributed by atoms with E-state index in [0.717, 1.165) is 23.9 Å². The number of nitrogens with zero attached hydrogens (tertiary/aromatic N) is 2. The second-order valence-electron chi connectivity index (χ2n) is 3.82. The summed E-state index contributed by atoms with van der Waals surface area (Å²) in [6, 6.07) is 3.29. The number of thioether (sulfide) groups is 1. The fraction of sp³-hybridized carbons (Fsp3) is 0.0833. The van der Waals surface area contributed by atoms with E-state index in [-0.39, 0.29) is 26.6 Å². The molecule has 0 aliphatic rings. The van der Waals surface area contributed by atoms with Crippen LogP contribution in [0.2, 0.25) is 10.0 Å². The zero-order valence-electron chi connectivity index (χ0n) is 10.2. The second kappa shape index (κ2) is 6.46. The molecule has 9 heteroatoms. The van der Waals surface area contributed by atoms with Crippen LogP contribution in [0.1, 0.15) is 0 Å². The number of aromatic nitrogens is 2. The first kappa shape index (κ1) is 15.8. The first-order chi connectivity index (χ1) is 9.88. The molecule has 0 unspecified atom stereocenters. The molecule has 1 aromatic carbocycles. The molecule has 1 N–H and O–H groups in total. The van der Waals surface area contributed by atoms with Crippen LogP contribution in [0.5, 0.6) is 0 Å².